The zero-order valence-corrected chi connectivity index (χ0v) is 21.2. The van der Waals surface area contributed by atoms with Crippen molar-refractivity contribution in [1.82, 2.24) is 0 Å². The Morgan fingerprint density at radius 2 is 0.875 bits per heavy atom. The highest BCUT2D eigenvalue weighted by atomic mass is 15.2. The summed E-state index contributed by atoms with van der Waals surface area (Å²) in [6.45, 7) is 19.7. The van der Waals surface area contributed by atoms with Crippen molar-refractivity contribution in [3.8, 4) is 0 Å². The third kappa shape index (κ3) is 5.73. The van der Waals surface area contributed by atoms with Gasteiger partial charge in [0, 0.05) is 36.5 Å². The van der Waals surface area contributed by atoms with Crippen LogP contribution in [0.15, 0.2) is 60.7 Å². The molecule has 0 heterocycles. The molecule has 0 atom stereocenters. The summed E-state index contributed by atoms with van der Waals surface area (Å²) < 4.78 is 0. The van der Waals surface area contributed by atoms with Crippen molar-refractivity contribution >= 4 is 11.4 Å². The van der Waals surface area contributed by atoms with Gasteiger partial charge in [0.25, 0.3) is 0 Å². The number of anilines is 2. The highest BCUT2D eigenvalue weighted by Crippen LogP contribution is 2.27. The van der Waals surface area contributed by atoms with Gasteiger partial charge in [0.1, 0.15) is 0 Å². The second kappa shape index (κ2) is 10.3. The van der Waals surface area contributed by atoms with E-state index in [1.54, 1.807) is 0 Å². The highest BCUT2D eigenvalue weighted by molar-refractivity contribution is 5.56. The van der Waals surface area contributed by atoms with E-state index in [1.807, 2.05) is 0 Å². The maximum absolute atomic E-state index is 2.50. The molecule has 0 amide bonds. The second-order valence-electron chi connectivity index (χ2n) is 9.84. The van der Waals surface area contributed by atoms with Crippen LogP contribution in [0.3, 0.4) is 0 Å². The fourth-order valence-electron chi connectivity index (χ4n) is 4.49. The molecule has 32 heavy (non-hydrogen) atoms. The summed E-state index contributed by atoms with van der Waals surface area (Å²) in [7, 11) is 0. The molecule has 0 aliphatic carbocycles. The third-order valence-electron chi connectivity index (χ3n) is 6.30. The summed E-state index contributed by atoms with van der Waals surface area (Å²) in [5.74, 6) is 0. The smallest absolute Gasteiger partial charge is 0.0432 e. The van der Waals surface area contributed by atoms with E-state index in [9.17, 15) is 0 Å². The first kappa shape index (κ1) is 23.9. The minimum absolute atomic E-state index is 0.442. The van der Waals surface area contributed by atoms with Crippen molar-refractivity contribution in [2.75, 3.05) is 9.80 Å². The van der Waals surface area contributed by atoms with E-state index in [4.69, 9.17) is 0 Å². The molecule has 0 unspecified atom stereocenters. The maximum atomic E-state index is 2.50. The number of benzene rings is 3. The van der Waals surface area contributed by atoms with Crippen LogP contribution in [-0.4, -0.2) is 12.1 Å². The molecule has 3 rings (SSSR count). The average molecular weight is 429 g/mol. The number of hydrogen-bond acceptors (Lipinski definition) is 2. The van der Waals surface area contributed by atoms with Crippen LogP contribution < -0.4 is 9.80 Å². The van der Waals surface area contributed by atoms with Gasteiger partial charge in [-0.1, -0.05) is 59.7 Å². The van der Waals surface area contributed by atoms with Crippen LogP contribution in [0.5, 0.6) is 0 Å². The maximum Gasteiger partial charge on any atom is 0.0432 e. The molecule has 0 aromatic heterocycles. The SMILES string of the molecule is Cc1ccc(N(Cc2ccc(CN(c3ccc(C)cc3C)C(C)C)cc2)C(C)C)c(C)c1. The van der Waals surface area contributed by atoms with E-state index in [0.29, 0.717) is 12.1 Å². The van der Waals surface area contributed by atoms with Gasteiger partial charge >= 0.3 is 0 Å². The third-order valence-corrected chi connectivity index (χ3v) is 6.30. The van der Waals surface area contributed by atoms with Gasteiger partial charge in [0.15, 0.2) is 0 Å². The Morgan fingerprint density at radius 3 is 1.16 bits per heavy atom. The monoisotopic (exact) mass is 428 g/mol. The van der Waals surface area contributed by atoms with Crippen LogP contribution in [0.25, 0.3) is 0 Å². The normalized spacial score (nSPS) is 11.3. The van der Waals surface area contributed by atoms with Crippen molar-refractivity contribution < 1.29 is 0 Å². The summed E-state index contributed by atoms with van der Waals surface area (Å²) in [5, 5.41) is 0. The topological polar surface area (TPSA) is 6.48 Å². The van der Waals surface area contributed by atoms with E-state index < -0.39 is 0 Å². The molecule has 0 saturated heterocycles. The van der Waals surface area contributed by atoms with Gasteiger partial charge in [-0.3, -0.25) is 0 Å². The largest absolute Gasteiger partial charge is 0.365 e. The number of hydrogen-bond donors (Lipinski definition) is 0. The summed E-state index contributed by atoms with van der Waals surface area (Å²) >= 11 is 0. The Hall–Kier alpha value is -2.74. The molecule has 0 radical (unpaired) electrons. The molecule has 0 saturated carbocycles. The molecule has 2 heteroatoms. The number of rotatable bonds is 8. The van der Waals surface area contributed by atoms with Crippen molar-refractivity contribution in [2.45, 2.75) is 80.6 Å². The number of nitrogens with zero attached hydrogens (tertiary/aromatic N) is 2. The molecule has 0 aliphatic heterocycles. The lowest BCUT2D eigenvalue weighted by molar-refractivity contribution is 0.675. The minimum atomic E-state index is 0.442. The Bertz CT molecular complexity index is 947. The molecule has 3 aromatic carbocycles. The Kier molecular flexibility index (Phi) is 7.66. The molecule has 170 valence electrons. The molecule has 2 nitrogen and oxygen atoms in total. The molecule has 0 fully saturated rings. The number of aryl methyl sites for hydroxylation is 4. The molecule has 0 N–H and O–H groups in total. The van der Waals surface area contributed by atoms with E-state index in [1.165, 1.54) is 44.8 Å². The molecule has 0 spiro atoms. The van der Waals surface area contributed by atoms with Crippen LogP contribution in [0, 0.1) is 27.7 Å². The highest BCUT2D eigenvalue weighted by Gasteiger charge is 2.16. The van der Waals surface area contributed by atoms with Crippen molar-refractivity contribution in [1.29, 1.82) is 0 Å². The molecule has 0 aliphatic rings. The second-order valence-corrected chi connectivity index (χ2v) is 9.84. The van der Waals surface area contributed by atoms with Crippen molar-refractivity contribution in [3.63, 3.8) is 0 Å². The molecular formula is C30H40N2. The van der Waals surface area contributed by atoms with Gasteiger partial charge in [0.2, 0.25) is 0 Å². The van der Waals surface area contributed by atoms with E-state index in [-0.39, 0.29) is 0 Å². The van der Waals surface area contributed by atoms with Crippen LogP contribution >= 0.6 is 0 Å². The fourth-order valence-corrected chi connectivity index (χ4v) is 4.49. The van der Waals surface area contributed by atoms with Crippen LogP contribution in [0.4, 0.5) is 11.4 Å². The first-order chi connectivity index (χ1) is 15.2. The van der Waals surface area contributed by atoms with Gasteiger partial charge in [-0.25, -0.2) is 0 Å². The van der Waals surface area contributed by atoms with Gasteiger partial charge in [-0.2, -0.15) is 0 Å². The first-order valence-electron chi connectivity index (χ1n) is 11.9. The predicted molar refractivity (Wildman–Crippen MR) is 141 cm³/mol. The molecule has 3 aromatic rings. The van der Waals surface area contributed by atoms with Gasteiger partial charge in [0.05, 0.1) is 0 Å². The lowest BCUT2D eigenvalue weighted by Gasteiger charge is -2.32. The summed E-state index contributed by atoms with van der Waals surface area (Å²) in [6.07, 6.45) is 0. The minimum Gasteiger partial charge on any atom is -0.365 e. The molecule has 0 bridgehead atoms. The molecular weight excluding hydrogens is 388 g/mol. The van der Waals surface area contributed by atoms with Crippen LogP contribution in [-0.2, 0) is 13.1 Å². The average Bonchev–Trinajstić information content (AvgIpc) is 2.72. The van der Waals surface area contributed by atoms with Crippen molar-refractivity contribution in [2.24, 2.45) is 0 Å². The first-order valence-corrected chi connectivity index (χ1v) is 11.9. The lowest BCUT2D eigenvalue weighted by Crippen LogP contribution is -2.31. The summed E-state index contributed by atoms with van der Waals surface area (Å²) in [5.41, 5.74) is 10.7. The quantitative estimate of drug-likeness (QED) is 0.362. The predicted octanol–water partition coefficient (Wildman–Crippen LogP) is 7.75. The zero-order valence-electron chi connectivity index (χ0n) is 21.2. The van der Waals surface area contributed by atoms with Crippen molar-refractivity contribution in [3.05, 3.63) is 94.0 Å². The van der Waals surface area contributed by atoms with E-state index >= 15 is 0 Å². The summed E-state index contributed by atoms with van der Waals surface area (Å²) in [4.78, 5) is 5.00. The fraction of sp³-hybridized carbons (Fsp3) is 0.400. The Labute approximate surface area is 195 Å². The Morgan fingerprint density at radius 1 is 0.531 bits per heavy atom. The van der Waals surface area contributed by atoms with Gasteiger partial charge in [-0.15, -0.1) is 0 Å². The van der Waals surface area contributed by atoms with Crippen LogP contribution in [0.1, 0.15) is 61.1 Å². The zero-order chi connectivity index (χ0) is 23.4. The van der Waals surface area contributed by atoms with Gasteiger partial charge < -0.3 is 9.80 Å². The van der Waals surface area contributed by atoms with E-state index in [2.05, 4.69) is 126 Å². The summed E-state index contributed by atoms with van der Waals surface area (Å²) in [6, 6.07) is 23.6. The standard InChI is InChI=1S/C30H40N2/c1-21(2)31(29-15-9-23(5)17-25(29)7)19-27-11-13-28(14-12-27)20-32(22(3)4)30-16-10-24(6)18-26(30)8/h9-18,21-22H,19-20H2,1-8H3. The lowest BCUT2D eigenvalue weighted by atomic mass is 10.0. The Balaban J connectivity index is 1.78. The van der Waals surface area contributed by atoms with E-state index in [0.717, 1.165) is 13.1 Å². The van der Waals surface area contributed by atoms with Crippen LogP contribution in [0.2, 0.25) is 0 Å². The van der Waals surface area contributed by atoms with Gasteiger partial charge in [-0.05, 0) is 89.8 Å².